The van der Waals surface area contributed by atoms with Gasteiger partial charge in [-0.05, 0) is 55.6 Å². The van der Waals surface area contributed by atoms with Crippen molar-refractivity contribution >= 4 is 5.91 Å². The summed E-state index contributed by atoms with van der Waals surface area (Å²) in [4.78, 5) is 18.5. The fraction of sp³-hybridized carbons (Fsp3) is 0.684. The van der Waals surface area contributed by atoms with Gasteiger partial charge in [0.2, 0.25) is 0 Å². The van der Waals surface area contributed by atoms with Crippen molar-refractivity contribution in [2.24, 2.45) is 11.3 Å². The summed E-state index contributed by atoms with van der Waals surface area (Å²) < 4.78 is 11.8. The average molecular weight is 330 g/mol. The Hall–Kier alpha value is -1.46. The van der Waals surface area contributed by atoms with Crippen molar-refractivity contribution in [1.82, 2.24) is 9.88 Å². The van der Waals surface area contributed by atoms with Gasteiger partial charge in [-0.2, -0.15) is 0 Å². The SMILES string of the molecule is O=C(c1ccncc1)N1CCC2(CC1)CO[C@@H](COCC1CC1)C2. The molecular formula is C19H26N2O3. The Morgan fingerprint density at radius 1 is 1.25 bits per heavy atom. The number of aromatic nitrogens is 1. The number of amides is 1. The van der Waals surface area contributed by atoms with Crippen LogP contribution in [0.3, 0.4) is 0 Å². The van der Waals surface area contributed by atoms with Crippen molar-refractivity contribution in [2.75, 3.05) is 32.9 Å². The van der Waals surface area contributed by atoms with Crippen molar-refractivity contribution in [2.45, 2.75) is 38.2 Å². The molecule has 0 N–H and O–H groups in total. The molecule has 1 aromatic rings. The number of carbonyl (C=O) groups is 1. The van der Waals surface area contributed by atoms with Crippen LogP contribution in [0.1, 0.15) is 42.5 Å². The Morgan fingerprint density at radius 3 is 2.71 bits per heavy atom. The number of rotatable bonds is 5. The zero-order chi connectivity index (χ0) is 16.4. The van der Waals surface area contributed by atoms with E-state index >= 15 is 0 Å². The number of hydrogen-bond donors (Lipinski definition) is 0. The van der Waals surface area contributed by atoms with Gasteiger partial charge in [-0.3, -0.25) is 9.78 Å². The van der Waals surface area contributed by atoms with E-state index in [1.165, 1.54) is 12.8 Å². The lowest BCUT2D eigenvalue weighted by molar-refractivity contribution is 0.00938. The van der Waals surface area contributed by atoms with Crippen LogP contribution in [-0.4, -0.2) is 54.8 Å². The highest BCUT2D eigenvalue weighted by molar-refractivity contribution is 5.94. The van der Waals surface area contributed by atoms with Gasteiger partial charge in [0.15, 0.2) is 0 Å². The Kier molecular flexibility index (Phi) is 4.55. The van der Waals surface area contributed by atoms with Crippen LogP contribution < -0.4 is 0 Å². The van der Waals surface area contributed by atoms with Crippen LogP contribution in [0.25, 0.3) is 0 Å². The summed E-state index contributed by atoms with van der Waals surface area (Å²) in [6, 6.07) is 3.58. The van der Waals surface area contributed by atoms with E-state index in [9.17, 15) is 4.79 Å². The van der Waals surface area contributed by atoms with Gasteiger partial charge < -0.3 is 14.4 Å². The zero-order valence-corrected chi connectivity index (χ0v) is 14.2. The maximum atomic E-state index is 12.5. The van der Waals surface area contributed by atoms with Crippen LogP contribution in [0.15, 0.2) is 24.5 Å². The molecule has 5 heteroatoms. The van der Waals surface area contributed by atoms with Crippen LogP contribution in [0.5, 0.6) is 0 Å². The summed E-state index contributed by atoms with van der Waals surface area (Å²) in [5, 5.41) is 0. The molecule has 1 amide bonds. The Morgan fingerprint density at radius 2 is 2.00 bits per heavy atom. The van der Waals surface area contributed by atoms with Gasteiger partial charge in [0.1, 0.15) is 0 Å². The van der Waals surface area contributed by atoms with E-state index in [0.717, 1.165) is 63.7 Å². The lowest BCUT2D eigenvalue weighted by atomic mass is 9.76. The summed E-state index contributed by atoms with van der Waals surface area (Å²) in [7, 11) is 0. The van der Waals surface area contributed by atoms with Crippen LogP contribution in [-0.2, 0) is 9.47 Å². The molecule has 2 aliphatic heterocycles. The lowest BCUT2D eigenvalue weighted by Gasteiger charge is -2.38. The van der Waals surface area contributed by atoms with Gasteiger partial charge in [-0.15, -0.1) is 0 Å². The third-order valence-corrected chi connectivity index (χ3v) is 5.68. The van der Waals surface area contributed by atoms with Crippen LogP contribution in [0.4, 0.5) is 0 Å². The second kappa shape index (κ2) is 6.81. The number of nitrogens with zero attached hydrogens (tertiary/aromatic N) is 2. The number of ether oxygens (including phenoxy) is 2. The highest BCUT2D eigenvalue weighted by Crippen LogP contribution is 2.42. The molecule has 3 heterocycles. The standard InChI is InChI=1S/C19H26N2O3/c22-18(16-3-7-20-8-4-16)21-9-5-19(6-10-21)11-17(24-14-19)13-23-12-15-1-2-15/h3-4,7-8,15,17H,1-2,5-6,9-14H2/t17-/m1/s1. The minimum Gasteiger partial charge on any atom is -0.378 e. The third kappa shape index (κ3) is 3.62. The molecule has 24 heavy (non-hydrogen) atoms. The van der Waals surface area contributed by atoms with Gasteiger partial charge in [-0.1, -0.05) is 0 Å². The molecule has 1 saturated carbocycles. The average Bonchev–Trinajstić information content (AvgIpc) is 3.37. The molecule has 1 aliphatic carbocycles. The van der Waals surface area contributed by atoms with E-state index in [1.807, 2.05) is 4.90 Å². The van der Waals surface area contributed by atoms with Gasteiger partial charge in [-0.25, -0.2) is 0 Å². The number of piperidine rings is 1. The molecule has 130 valence electrons. The molecule has 2 saturated heterocycles. The number of hydrogen-bond acceptors (Lipinski definition) is 4. The van der Waals surface area contributed by atoms with E-state index in [1.54, 1.807) is 24.5 Å². The van der Waals surface area contributed by atoms with Crippen molar-refractivity contribution in [3.63, 3.8) is 0 Å². The van der Waals surface area contributed by atoms with Crippen LogP contribution in [0, 0.1) is 11.3 Å². The molecule has 3 fully saturated rings. The molecule has 5 nitrogen and oxygen atoms in total. The highest BCUT2D eigenvalue weighted by Gasteiger charge is 2.43. The van der Waals surface area contributed by atoms with E-state index in [-0.39, 0.29) is 17.4 Å². The molecular weight excluding hydrogens is 304 g/mol. The van der Waals surface area contributed by atoms with E-state index in [0.29, 0.717) is 0 Å². The topological polar surface area (TPSA) is 51.7 Å². The first-order valence-electron chi connectivity index (χ1n) is 9.13. The molecule has 1 spiro atoms. The maximum absolute atomic E-state index is 12.5. The molecule has 0 aromatic carbocycles. The van der Waals surface area contributed by atoms with Crippen LogP contribution in [0.2, 0.25) is 0 Å². The lowest BCUT2D eigenvalue weighted by Crippen LogP contribution is -2.43. The summed E-state index contributed by atoms with van der Waals surface area (Å²) in [5.41, 5.74) is 0.984. The summed E-state index contributed by atoms with van der Waals surface area (Å²) in [5.74, 6) is 0.929. The molecule has 3 aliphatic rings. The zero-order valence-electron chi connectivity index (χ0n) is 14.2. The largest absolute Gasteiger partial charge is 0.378 e. The van der Waals surface area contributed by atoms with Crippen molar-refractivity contribution in [3.8, 4) is 0 Å². The van der Waals surface area contributed by atoms with E-state index in [2.05, 4.69) is 4.98 Å². The Balaban J connectivity index is 1.25. The molecule has 1 atom stereocenters. The van der Waals surface area contributed by atoms with Crippen molar-refractivity contribution in [3.05, 3.63) is 30.1 Å². The van der Waals surface area contributed by atoms with Crippen LogP contribution >= 0.6 is 0 Å². The van der Waals surface area contributed by atoms with Gasteiger partial charge in [0.25, 0.3) is 5.91 Å². The monoisotopic (exact) mass is 330 g/mol. The van der Waals surface area contributed by atoms with Crippen molar-refractivity contribution in [1.29, 1.82) is 0 Å². The summed E-state index contributed by atoms with van der Waals surface area (Å²) in [6.07, 6.45) is 9.39. The predicted octanol–water partition coefficient (Wildman–Crippen LogP) is 2.52. The first kappa shape index (κ1) is 16.0. The Labute approximate surface area is 143 Å². The maximum Gasteiger partial charge on any atom is 0.253 e. The molecule has 0 radical (unpaired) electrons. The van der Waals surface area contributed by atoms with Gasteiger partial charge in [0, 0.05) is 37.7 Å². The smallest absolute Gasteiger partial charge is 0.253 e. The third-order valence-electron chi connectivity index (χ3n) is 5.68. The quantitative estimate of drug-likeness (QED) is 0.832. The summed E-state index contributed by atoms with van der Waals surface area (Å²) >= 11 is 0. The Bertz CT molecular complexity index is 565. The second-order valence-corrected chi connectivity index (χ2v) is 7.65. The second-order valence-electron chi connectivity index (χ2n) is 7.65. The number of likely N-dealkylation sites (tertiary alicyclic amines) is 1. The minimum atomic E-state index is 0.121. The van der Waals surface area contributed by atoms with E-state index < -0.39 is 0 Å². The molecule has 1 aromatic heterocycles. The molecule has 0 bridgehead atoms. The molecule has 4 rings (SSSR count). The minimum absolute atomic E-state index is 0.121. The normalized spacial score (nSPS) is 26.0. The highest BCUT2D eigenvalue weighted by atomic mass is 16.5. The first-order valence-corrected chi connectivity index (χ1v) is 9.13. The fourth-order valence-electron chi connectivity index (χ4n) is 3.86. The first-order chi connectivity index (χ1) is 11.7. The van der Waals surface area contributed by atoms with Gasteiger partial charge >= 0.3 is 0 Å². The van der Waals surface area contributed by atoms with Gasteiger partial charge in [0.05, 0.1) is 19.3 Å². The number of pyridine rings is 1. The van der Waals surface area contributed by atoms with Crippen molar-refractivity contribution < 1.29 is 14.3 Å². The number of carbonyl (C=O) groups excluding carboxylic acids is 1. The molecule has 0 unspecified atom stereocenters. The predicted molar refractivity (Wildman–Crippen MR) is 89.7 cm³/mol. The summed E-state index contributed by atoms with van der Waals surface area (Å²) in [6.45, 7) is 4.10. The van der Waals surface area contributed by atoms with E-state index in [4.69, 9.17) is 9.47 Å². The fourth-order valence-corrected chi connectivity index (χ4v) is 3.86.